The van der Waals surface area contributed by atoms with Crippen LogP contribution in [0.3, 0.4) is 0 Å². The molecule has 3 heterocycles. The van der Waals surface area contributed by atoms with Crippen molar-refractivity contribution >= 4 is 17.6 Å². The lowest BCUT2D eigenvalue weighted by Gasteiger charge is -2.29. The smallest absolute Gasteiger partial charge is 0.274 e. The minimum atomic E-state index is -0.193. The predicted octanol–water partition coefficient (Wildman–Crippen LogP) is -0.370. The fourth-order valence-corrected chi connectivity index (χ4v) is 3.20. The van der Waals surface area contributed by atoms with Gasteiger partial charge in [0.1, 0.15) is 6.07 Å². The molecule has 0 atom stereocenters. The zero-order valence-corrected chi connectivity index (χ0v) is 10.7. The van der Waals surface area contributed by atoms with Gasteiger partial charge in [-0.1, -0.05) is 11.8 Å². The maximum absolute atomic E-state index is 12.2. The van der Waals surface area contributed by atoms with E-state index in [2.05, 4.69) is 10.3 Å². The summed E-state index contributed by atoms with van der Waals surface area (Å²) in [4.78, 5) is 18.7. The molecule has 18 heavy (non-hydrogen) atoms. The van der Waals surface area contributed by atoms with Gasteiger partial charge in [0, 0.05) is 38.5 Å². The third-order valence-corrected chi connectivity index (χ3v) is 4.15. The predicted molar refractivity (Wildman–Crippen MR) is 69.0 cm³/mol. The Morgan fingerprint density at radius 2 is 2.11 bits per heavy atom. The zero-order chi connectivity index (χ0) is 12.5. The van der Waals surface area contributed by atoms with Crippen LogP contribution < -0.4 is 15.8 Å². The number of nitrogens with zero attached hydrogens (tertiary/aromatic N) is 4. The fraction of sp³-hybridized carbons (Fsp3) is 0.545. The monoisotopic (exact) mass is 263 g/mol. The topological polar surface area (TPSA) is 74.0 Å². The number of hydrogen-bond acceptors (Lipinski definition) is 6. The molecule has 1 fully saturated rings. The van der Waals surface area contributed by atoms with E-state index in [1.54, 1.807) is 16.3 Å². The Bertz CT molecular complexity index is 570. The van der Waals surface area contributed by atoms with Crippen LogP contribution in [0.1, 0.15) is 5.56 Å². The lowest BCUT2D eigenvalue weighted by molar-refractivity contribution is 0.574. The van der Waals surface area contributed by atoms with E-state index in [0.29, 0.717) is 12.4 Å². The number of piperazine rings is 1. The Balaban J connectivity index is 2.11. The van der Waals surface area contributed by atoms with Crippen LogP contribution in [0.15, 0.2) is 9.95 Å². The van der Waals surface area contributed by atoms with Crippen LogP contribution in [0.2, 0.25) is 0 Å². The van der Waals surface area contributed by atoms with E-state index in [1.165, 1.54) is 0 Å². The molecule has 0 unspecified atom stereocenters. The molecule has 1 saturated heterocycles. The van der Waals surface area contributed by atoms with Crippen molar-refractivity contribution in [3.63, 3.8) is 0 Å². The van der Waals surface area contributed by atoms with Gasteiger partial charge in [-0.3, -0.25) is 9.36 Å². The van der Waals surface area contributed by atoms with E-state index in [9.17, 15) is 10.1 Å². The molecule has 0 radical (unpaired) electrons. The quantitative estimate of drug-likeness (QED) is 0.697. The largest absolute Gasteiger partial charge is 0.353 e. The molecular weight excluding hydrogens is 250 g/mol. The summed E-state index contributed by atoms with van der Waals surface area (Å²) >= 11 is 1.58. The second-order valence-electron chi connectivity index (χ2n) is 4.25. The Kier molecular flexibility index (Phi) is 2.97. The van der Waals surface area contributed by atoms with E-state index in [0.717, 1.165) is 37.1 Å². The van der Waals surface area contributed by atoms with Crippen LogP contribution in [0, 0.1) is 11.3 Å². The maximum atomic E-state index is 12.2. The van der Waals surface area contributed by atoms with E-state index in [1.807, 2.05) is 11.0 Å². The van der Waals surface area contributed by atoms with Crippen LogP contribution in [0.4, 0.5) is 5.82 Å². The molecule has 3 rings (SSSR count). The average molecular weight is 263 g/mol. The van der Waals surface area contributed by atoms with Gasteiger partial charge in [0.05, 0.1) is 0 Å². The molecule has 0 amide bonds. The summed E-state index contributed by atoms with van der Waals surface area (Å²) in [6.07, 6.45) is 0. The molecule has 2 aliphatic rings. The first-order valence-electron chi connectivity index (χ1n) is 5.94. The summed E-state index contributed by atoms with van der Waals surface area (Å²) in [7, 11) is 0. The third kappa shape index (κ3) is 1.78. The normalized spacial score (nSPS) is 18.5. The van der Waals surface area contributed by atoms with Gasteiger partial charge in [-0.2, -0.15) is 5.26 Å². The number of nitrogens with one attached hydrogen (secondary N) is 1. The molecule has 1 aromatic rings. The van der Waals surface area contributed by atoms with Crippen molar-refractivity contribution in [2.75, 3.05) is 36.8 Å². The van der Waals surface area contributed by atoms with Gasteiger partial charge in [0.25, 0.3) is 5.56 Å². The maximum Gasteiger partial charge on any atom is 0.274 e. The zero-order valence-electron chi connectivity index (χ0n) is 9.85. The molecule has 0 aliphatic carbocycles. The van der Waals surface area contributed by atoms with Gasteiger partial charge in [0.2, 0.25) is 0 Å². The number of aromatic nitrogens is 2. The molecule has 0 aromatic carbocycles. The second kappa shape index (κ2) is 4.63. The van der Waals surface area contributed by atoms with Crippen molar-refractivity contribution in [1.82, 2.24) is 14.9 Å². The Morgan fingerprint density at radius 3 is 2.83 bits per heavy atom. The number of anilines is 1. The first-order chi connectivity index (χ1) is 8.81. The van der Waals surface area contributed by atoms with Gasteiger partial charge in [-0.25, -0.2) is 4.98 Å². The molecule has 94 valence electrons. The summed E-state index contributed by atoms with van der Waals surface area (Å²) in [5.74, 6) is 1.42. The first-order valence-corrected chi connectivity index (χ1v) is 6.93. The van der Waals surface area contributed by atoms with Gasteiger partial charge in [0.15, 0.2) is 16.5 Å². The van der Waals surface area contributed by atoms with Crippen LogP contribution in [0.5, 0.6) is 0 Å². The van der Waals surface area contributed by atoms with Crippen LogP contribution >= 0.6 is 11.8 Å². The van der Waals surface area contributed by atoms with E-state index in [4.69, 9.17) is 0 Å². The van der Waals surface area contributed by atoms with Gasteiger partial charge < -0.3 is 10.2 Å². The summed E-state index contributed by atoms with van der Waals surface area (Å²) in [6.45, 7) is 3.95. The van der Waals surface area contributed by atoms with E-state index < -0.39 is 0 Å². The SMILES string of the molecule is N#Cc1c(N2CCNCC2)nc2n(c1=O)CCS2. The highest BCUT2D eigenvalue weighted by atomic mass is 32.2. The van der Waals surface area contributed by atoms with Crippen LogP contribution in [0.25, 0.3) is 0 Å². The molecule has 7 heteroatoms. The Labute approximate surface area is 109 Å². The lowest BCUT2D eigenvalue weighted by atomic mass is 10.2. The highest BCUT2D eigenvalue weighted by molar-refractivity contribution is 7.99. The third-order valence-electron chi connectivity index (χ3n) is 3.19. The van der Waals surface area contributed by atoms with Gasteiger partial charge >= 0.3 is 0 Å². The lowest BCUT2D eigenvalue weighted by Crippen LogP contribution is -2.45. The minimum Gasteiger partial charge on any atom is -0.353 e. The van der Waals surface area contributed by atoms with Crippen molar-refractivity contribution in [1.29, 1.82) is 5.26 Å². The molecule has 1 N–H and O–H groups in total. The van der Waals surface area contributed by atoms with Crippen molar-refractivity contribution in [3.05, 3.63) is 15.9 Å². The number of nitriles is 1. The van der Waals surface area contributed by atoms with Crippen LogP contribution in [-0.2, 0) is 6.54 Å². The van der Waals surface area contributed by atoms with Gasteiger partial charge in [-0.15, -0.1) is 0 Å². The molecule has 0 saturated carbocycles. The highest BCUT2D eigenvalue weighted by Crippen LogP contribution is 2.25. The summed E-state index contributed by atoms with van der Waals surface area (Å²) in [5, 5.41) is 13.2. The van der Waals surface area contributed by atoms with E-state index >= 15 is 0 Å². The molecule has 0 bridgehead atoms. The van der Waals surface area contributed by atoms with Crippen molar-refractivity contribution in [2.45, 2.75) is 11.7 Å². The molecule has 0 spiro atoms. The highest BCUT2D eigenvalue weighted by Gasteiger charge is 2.24. The summed E-state index contributed by atoms with van der Waals surface area (Å²) < 4.78 is 1.61. The van der Waals surface area contributed by atoms with E-state index in [-0.39, 0.29) is 11.1 Å². The number of hydrogen-bond donors (Lipinski definition) is 1. The van der Waals surface area contributed by atoms with Crippen molar-refractivity contribution in [2.24, 2.45) is 0 Å². The van der Waals surface area contributed by atoms with Crippen molar-refractivity contribution in [3.8, 4) is 6.07 Å². The van der Waals surface area contributed by atoms with Gasteiger partial charge in [-0.05, 0) is 0 Å². The Morgan fingerprint density at radius 1 is 1.33 bits per heavy atom. The molecule has 6 nitrogen and oxygen atoms in total. The summed E-state index contributed by atoms with van der Waals surface area (Å²) in [6, 6.07) is 2.02. The minimum absolute atomic E-state index is 0.183. The number of thioether (sulfide) groups is 1. The molecular formula is C11H13N5OS. The van der Waals surface area contributed by atoms with Crippen molar-refractivity contribution < 1.29 is 0 Å². The standard InChI is InChI=1S/C11H13N5OS/c12-7-8-9(15-3-1-13-2-4-15)14-11-16(10(8)17)5-6-18-11/h13H,1-6H2. The molecule has 2 aliphatic heterocycles. The summed E-state index contributed by atoms with van der Waals surface area (Å²) in [5.41, 5.74) is -0.0100. The first kappa shape index (κ1) is 11.6. The number of fused-ring (bicyclic) bond motifs is 1. The Hall–Kier alpha value is -1.52. The second-order valence-corrected chi connectivity index (χ2v) is 5.31. The molecule has 1 aromatic heterocycles. The number of rotatable bonds is 1. The van der Waals surface area contributed by atoms with Crippen LogP contribution in [-0.4, -0.2) is 41.5 Å². The average Bonchev–Trinajstić information content (AvgIpc) is 2.88. The fourth-order valence-electron chi connectivity index (χ4n) is 2.26.